The van der Waals surface area contributed by atoms with Gasteiger partial charge in [0.1, 0.15) is 5.82 Å². The summed E-state index contributed by atoms with van der Waals surface area (Å²) in [6.07, 6.45) is 0.441. The summed E-state index contributed by atoms with van der Waals surface area (Å²) in [5, 5.41) is 12.9. The molecule has 1 heterocycles. The summed E-state index contributed by atoms with van der Waals surface area (Å²) in [4.78, 5) is 2.13. The molecule has 20 heavy (non-hydrogen) atoms. The van der Waals surface area contributed by atoms with E-state index in [0.717, 1.165) is 26.2 Å². The van der Waals surface area contributed by atoms with Gasteiger partial charge in [-0.05, 0) is 18.6 Å². The number of halogens is 4. The van der Waals surface area contributed by atoms with Gasteiger partial charge < -0.3 is 10.4 Å². The first-order valence-corrected chi connectivity index (χ1v) is 7.09. The Bertz CT molecular complexity index is 442. The van der Waals surface area contributed by atoms with Gasteiger partial charge in [0.05, 0.1) is 5.02 Å². The summed E-state index contributed by atoms with van der Waals surface area (Å²) >= 11 is 12.0. The van der Waals surface area contributed by atoms with E-state index >= 15 is 0 Å². The average Bonchev–Trinajstić information content (AvgIpc) is 2.43. The Hall–Kier alpha value is -0.100. The van der Waals surface area contributed by atoms with Gasteiger partial charge in [-0.1, -0.05) is 23.2 Å². The Labute approximate surface area is 134 Å². The van der Waals surface area contributed by atoms with Crippen molar-refractivity contribution in [3.05, 3.63) is 33.6 Å². The van der Waals surface area contributed by atoms with Crippen LogP contribution >= 0.6 is 35.6 Å². The number of benzene rings is 1. The number of rotatable bonds is 4. The van der Waals surface area contributed by atoms with Crippen molar-refractivity contribution in [3.63, 3.8) is 0 Å². The molecule has 1 aliphatic heterocycles. The molecule has 0 bridgehead atoms. The third-order valence-corrected chi connectivity index (χ3v) is 4.03. The van der Waals surface area contributed by atoms with Crippen molar-refractivity contribution in [1.29, 1.82) is 0 Å². The van der Waals surface area contributed by atoms with Crippen LogP contribution in [0.5, 0.6) is 0 Å². The largest absolute Gasteiger partial charge is 0.396 e. The molecule has 2 N–H and O–H groups in total. The Morgan fingerprint density at radius 2 is 1.85 bits per heavy atom. The third kappa shape index (κ3) is 3.97. The smallest absolute Gasteiger partial charge is 0.148 e. The fourth-order valence-corrected chi connectivity index (χ4v) is 2.91. The normalized spacial score (nSPS) is 17.6. The summed E-state index contributed by atoms with van der Waals surface area (Å²) in [5.74, 6) is -0.480. The van der Waals surface area contributed by atoms with E-state index in [4.69, 9.17) is 23.2 Å². The van der Waals surface area contributed by atoms with Gasteiger partial charge in [0.2, 0.25) is 0 Å². The molecule has 0 amide bonds. The van der Waals surface area contributed by atoms with Crippen molar-refractivity contribution in [1.82, 2.24) is 10.2 Å². The van der Waals surface area contributed by atoms with Crippen LogP contribution < -0.4 is 5.32 Å². The van der Waals surface area contributed by atoms with E-state index in [1.54, 1.807) is 6.07 Å². The van der Waals surface area contributed by atoms with Crippen LogP contribution in [0, 0.1) is 5.82 Å². The van der Waals surface area contributed by atoms with E-state index in [9.17, 15) is 9.50 Å². The van der Waals surface area contributed by atoms with Gasteiger partial charge in [-0.2, -0.15) is 0 Å². The highest BCUT2D eigenvalue weighted by Crippen LogP contribution is 2.35. The molecule has 1 aliphatic rings. The molecule has 0 aromatic heterocycles. The zero-order chi connectivity index (χ0) is 13.8. The topological polar surface area (TPSA) is 35.5 Å². The fourth-order valence-electron chi connectivity index (χ4n) is 2.47. The summed E-state index contributed by atoms with van der Waals surface area (Å²) in [5.41, 5.74) is 0.394. The Kier molecular flexibility index (Phi) is 7.51. The number of nitrogens with one attached hydrogen (secondary N) is 1. The SMILES string of the molecule is Cl.OCC[C@@H](c1c(Cl)ccc(Cl)c1F)N1CCNCC1. The minimum absolute atomic E-state index is 0. The number of aliphatic hydroxyl groups is 1. The summed E-state index contributed by atoms with van der Waals surface area (Å²) in [6.45, 7) is 3.28. The van der Waals surface area contributed by atoms with Gasteiger partial charge >= 0.3 is 0 Å². The molecule has 0 spiro atoms. The van der Waals surface area contributed by atoms with Gasteiger partial charge in [0.25, 0.3) is 0 Å². The molecule has 1 aromatic rings. The molecule has 0 radical (unpaired) electrons. The van der Waals surface area contributed by atoms with E-state index in [1.807, 2.05) is 0 Å². The molecule has 0 aliphatic carbocycles. The van der Waals surface area contributed by atoms with Gasteiger partial charge in [-0.25, -0.2) is 4.39 Å². The summed E-state index contributed by atoms with van der Waals surface area (Å²) in [7, 11) is 0. The van der Waals surface area contributed by atoms with Crippen LogP contribution in [0.2, 0.25) is 10.0 Å². The molecule has 1 atom stereocenters. The maximum Gasteiger partial charge on any atom is 0.148 e. The number of aliphatic hydroxyl groups excluding tert-OH is 1. The first-order chi connectivity index (χ1) is 9.15. The second-order valence-electron chi connectivity index (χ2n) is 4.57. The van der Waals surface area contributed by atoms with E-state index in [2.05, 4.69) is 10.2 Å². The Morgan fingerprint density at radius 1 is 1.25 bits per heavy atom. The van der Waals surface area contributed by atoms with Gasteiger partial charge in [-0.3, -0.25) is 4.90 Å². The predicted molar refractivity (Wildman–Crippen MR) is 82.6 cm³/mol. The van der Waals surface area contributed by atoms with Gasteiger partial charge in [-0.15, -0.1) is 12.4 Å². The van der Waals surface area contributed by atoms with Crippen molar-refractivity contribution < 1.29 is 9.50 Å². The number of hydrogen-bond donors (Lipinski definition) is 2. The summed E-state index contributed by atoms with van der Waals surface area (Å²) < 4.78 is 14.3. The van der Waals surface area contributed by atoms with Crippen LogP contribution in [0.25, 0.3) is 0 Å². The Morgan fingerprint density at radius 3 is 2.45 bits per heavy atom. The molecule has 0 saturated carbocycles. The molecule has 2 rings (SSSR count). The van der Waals surface area contributed by atoms with Crippen molar-refractivity contribution in [2.75, 3.05) is 32.8 Å². The highest BCUT2D eigenvalue weighted by atomic mass is 35.5. The first kappa shape index (κ1) is 18.0. The maximum atomic E-state index is 14.3. The standard InChI is InChI=1S/C13H17Cl2FN2O.ClH/c14-9-1-2-10(15)13(16)12(9)11(3-8-19)18-6-4-17-5-7-18;/h1-2,11,17,19H,3-8H2;1H/t11-;/m0./s1. The lowest BCUT2D eigenvalue weighted by Crippen LogP contribution is -2.45. The van der Waals surface area contributed by atoms with Crippen LogP contribution in [-0.4, -0.2) is 42.8 Å². The van der Waals surface area contributed by atoms with Gasteiger partial charge in [0, 0.05) is 49.4 Å². The Balaban J connectivity index is 0.00000200. The van der Waals surface area contributed by atoms with Crippen LogP contribution in [-0.2, 0) is 0 Å². The molecule has 1 saturated heterocycles. The molecule has 7 heteroatoms. The minimum atomic E-state index is -0.480. The quantitative estimate of drug-likeness (QED) is 0.825. The van der Waals surface area contributed by atoms with Gasteiger partial charge in [0.15, 0.2) is 0 Å². The fraction of sp³-hybridized carbons (Fsp3) is 0.538. The number of nitrogens with zero attached hydrogens (tertiary/aromatic N) is 1. The number of piperazine rings is 1. The maximum absolute atomic E-state index is 14.3. The van der Waals surface area contributed by atoms with Crippen molar-refractivity contribution in [2.24, 2.45) is 0 Å². The van der Waals surface area contributed by atoms with Crippen molar-refractivity contribution in [3.8, 4) is 0 Å². The minimum Gasteiger partial charge on any atom is -0.396 e. The van der Waals surface area contributed by atoms with Crippen molar-refractivity contribution >= 4 is 35.6 Å². The molecule has 3 nitrogen and oxygen atoms in total. The average molecular weight is 344 g/mol. The van der Waals surface area contributed by atoms with Crippen LogP contribution in [0.3, 0.4) is 0 Å². The first-order valence-electron chi connectivity index (χ1n) is 6.34. The highest BCUT2D eigenvalue weighted by Gasteiger charge is 2.27. The molecular formula is C13H18Cl3FN2O. The zero-order valence-corrected chi connectivity index (χ0v) is 13.2. The van der Waals surface area contributed by atoms with E-state index < -0.39 is 5.82 Å². The molecule has 114 valence electrons. The molecule has 1 fully saturated rings. The second-order valence-corrected chi connectivity index (χ2v) is 5.39. The number of hydrogen-bond acceptors (Lipinski definition) is 3. The third-order valence-electron chi connectivity index (χ3n) is 3.41. The lowest BCUT2D eigenvalue weighted by atomic mass is 10.0. The molecular weight excluding hydrogens is 326 g/mol. The lowest BCUT2D eigenvalue weighted by molar-refractivity contribution is 0.138. The molecule has 1 aromatic carbocycles. The van der Waals surface area contributed by atoms with E-state index in [0.29, 0.717) is 17.0 Å². The zero-order valence-electron chi connectivity index (χ0n) is 10.9. The lowest BCUT2D eigenvalue weighted by Gasteiger charge is -2.35. The van der Waals surface area contributed by atoms with Crippen LogP contribution in [0.1, 0.15) is 18.0 Å². The van der Waals surface area contributed by atoms with Crippen LogP contribution in [0.4, 0.5) is 4.39 Å². The molecule has 0 unspecified atom stereocenters. The van der Waals surface area contributed by atoms with E-state index in [-0.39, 0.29) is 30.1 Å². The summed E-state index contributed by atoms with van der Waals surface area (Å²) in [6, 6.07) is 2.82. The van der Waals surface area contributed by atoms with Crippen molar-refractivity contribution in [2.45, 2.75) is 12.5 Å². The predicted octanol–water partition coefficient (Wildman–Crippen LogP) is 2.88. The highest BCUT2D eigenvalue weighted by molar-refractivity contribution is 6.33. The second kappa shape index (κ2) is 8.37. The van der Waals surface area contributed by atoms with Crippen LogP contribution in [0.15, 0.2) is 12.1 Å². The monoisotopic (exact) mass is 342 g/mol. The van der Waals surface area contributed by atoms with E-state index in [1.165, 1.54) is 6.07 Å².